The molecule has 0 fully saturated rings. The molecule has 0 saturated carbocycles. The summed E-state index contributed by atoms with van der Waals surface area (Å²) in [4.78, 5) is 0. The van der Waals surface area contributed by atoms with E-state index in [4.69, 9.17) is 0 Å². The zero-order chi connectivity index (χ0) is 15.4. The van der Waals surface area contributed by atoms with Crippen molar-refractivity contribution < 1.29 is 0 Å². The minimum Gasteiger partial charge on any atom is -0.0651 e. The first kappa shape index (κ1) is 14.6. The van der Waals surface area contributed by atoms with Crippen molar-refractivity contribution in [1.29, 1.82) is 0 Å². The lowest BCUT2D eigenvalue weighted by Crippen LogP contribution is -1.92. The van der Waals surface area contributed by atoms with Crippen LogP contribution < -0.4 is 0 Å². The molecule has 0 amide bonds. The summed E-state index contributed by atoms with van der Waals surface area (Å²) in [6.07, 6.45) is 2.29. The molecular weight excluding hydrogens is 264 g/mol. The van der Waals surface area contributed by atoms with Gasteiger partial charge in [-0.15, -0.1) is 0 Å². The van der Waals surface area contributed by atoms with Crippen LogP contribution >= 0.6 is 0 Å². The first-order valence-electron chi connectivity index (χ1n) is 8.04. The quantitative estimate of drug-likeness (QED) is 0.529. The molecule has 0 bridgehead atoms. The summed E-state index contributed by atoms with van der Waals surface area (Å²) in [7, 11) is 0. The van der Waals surface area contributed by atoms with Crippen LogP contribution in [0, 0.1) is 6.92 Å². The number of hydrogen-bond donors (Lipinski definition) is 0. The van der Waals surface area contributed by atoms with Crippen molar-refractivity contribution in [2.45, 2.75) is 26.7 Å². The predicted octanol–water partition coefficient (Wildman–Crippen LogP) is 6.28. The van der Waals surface area contributed by atoms with Crippen molar-refractivity contribution >= 4 is 0 Å². The summed E-state index contributed by atoms with van der Waals surface area (Å²) in [6.45, 7) is 4.42. The van der Waals surface area contributed by atoms with Crippen molar-refractivity contribution in [3.8, 4) is 22.3 Å². The van der Waals surface area contributed by atoms with E-state index in [0.29, 0.717) is 0 Å². The van der Waals surface area contributed by atoms with E-state index >= 15 is 0 Å². The Kier molecular flexibility index (Phi) is 4.39. The van der Waals surface area contributed by atoms with E-state index in [2.05, 4.69) is 86.6 Å². The maximum atomic E-state index is 2.26. The Balaban J connectivity index is 2.20. The SMILES string of the molecule is CCCc1ccccc1-c1ccccc1-c1ccccc1C. The molecule has 0 heterocycles. The van der Waals surface area contributed by atoms with Crippen LogP contribution in [0.3, 0.4) is 0 Å². The molecule has 0 aromatic heterocycles. The van der Waals surface area contributed by atoms with E-state index < -0.39 is 0 Å². The van der Waals surface area contributed by atoms with E-state index in [9.17, 15) is 0 Å². The largest absolute Gasteiger partial charge is 0.0651 e. The fraction of sp³-hybridized carbons (Fsp3) is 0.182. The van der Waals surface area contributed by atoms with Gasteiger partial charge in [-0.2, -0.15) is 0 Å². The zero-order valence-corrected chi connectivity index (χ0v) is 13.3. The highest BCUT2D eigenvalue weighted by Crippen LogP contribution is 2.35. The van der Waals surface area contributed by atoms with Gasteiger partial charge in [-0.25, -0.2) is 0 Å². The molecule has 22 heavy (non-hydrogen) atoms. The van der Waals surface area contributed by atoms with Crippen LogP contribution in [-0.4, -0.2) is 0 Å². The lowest BCUT2D eigenvalue weighted by atomic mass is 9.89. The number of rotatable bonds is 4. The molecule has 0 aliphatic carbocycles. The van der Waals surface area contributed by atoms with Crippen molar-refractivity contribution in [3.05, 3.63) is 83.9 Å². The minimum atomic E-state index is 1.12. The first-order chi connectivity index (χ1) is 10.8. The maximum Gasteiger partial charge on any atom is -0.0103 e. The molecule has 0 radical (unpaired) electrons. The van der Waals surface area contributed by atoms with Crippen LogP contribution in [0.1, 0.15) is 24.5 Å². The van der Waals surface area contributed by atoms with Crippen molar-refractivity contribution in [2.75, 3.05) is 0 Å². The van der Waals surface area contributed by atoms with Gasteiger partial charge in [-0.05, 0) is 46.7 Å². The Morgan fingerprint density at radius 3 is 1.73 bits per heavy atom. The molecule has 0 heteroatoms. The minimum absolute atomic E-state index is 1.12. The molecule has 3 aromatic rings. The standard InChI is InChI=1S/C22H22/c1-3-10-18-12-5-7-14-20(18)22-16-9-8-15-21(22)19-13-6-4-11-17(19)2/h4-9,11-16H,3,10H2,1-2H3. The van der Waals surface area contributed by atoms with Gasteiger partial charge in [0.15, 0.2) is 0 Å². The summed E-state index contributed by atoms with van der Waals surface area (Å²) in [5, 5.41) is 0. The molecule has 0 saturated heterocycles. The maximum absolute atomic E-state index is 2.26. The number of benzene rings is 3. The van der Waals surface area contributed by atoms with Crippen LogP contribution in [-0.2, 0) is 6.42 Å². The molecule has 0 nitrogen and oxygen atoms in total. The van der Waals surface area contributed by atoms with Crippen LogP contribution in [0.25, 0.3) is 22.3 Å². The van der Waals surface area contributed by atoms with Gasteiger partial charge >= 0.3 is 0 Å². The highest BCUT2D eigenvalue weighted by Gasteiger charge is 2.11. The predicted molar refractivity (Wildman–Crippen MR) is 96.0 cm³/mol. The molecule has 0 unspecified atom stereocenters. The monoisotopic (exact) mass is 286 g/mol. The van der Waals surface area contributed by atoms with Gasteiger partial charge < -0.3 is 0 Å². The number of aryl methyl sites for hydroxylation is 2. The molecule has 0 aliphatic heterocycles. The van der Waals surface area contributed by atoms with Crippen molar-refractivity contribution in [2.24, 2.45) is 0 Å². The zero-order valence-electron chi connectivity index (χ0n) is 13.3. The second kappa shape index (κ2) is 6.62. The van der Waals surface area contributed by atoms with Gasteiger partial charge in [0.05, 0.1) is 0 Å². The molecule has 0 aliphatic rings. The molecule has 0 spiro atoms. The Morgan fingerprint density at radius 1 is 0.591 bits per heavy atom. The van der Waals surface area contributed by atoms with Crippen LogP contribution in [0.5, 0.6) is 0 Å². The summed E-state index contributed by atoms with van der Waals surface area (Å²) in [6, 6.07) is 26.2. The van der Waals surface area contributed by atoms with Gasteiger partial charge in [-0.1, -0.05) is 86.1 Å². The van der Waals surface area contributed by atoms with Gasteiger partial charge in [0.1, 0.15) is 0 Å². The summed E-state index contributed by atoms with van der Waals surface area (Å²) >= 11 is 0. The second-order valence-corrected chi connectivity index (χ2v) is 5.77. The normalized spacial score (nSPS) is 10.6. The molecule has 0 atom stereocenters. The second-order valence-electron chi connectivity index (χ2n) is 5.77. The van der Waals surface area contributed by atoms with Crippen LogP contribution in [0.4, 0.5) is 0 Å². The molecule has 0 N–H and O–H groups in total. The average Bonchev–Trinajstić information content (AvgIpc) is 2.56. The van der Waals surface area contributed by atoms with Crippen molar-refractivity contribution in [3.63, 3.8) is 0 Å². The molecule has 3 rings (SSSR count). The molecular formula is C22H22. The molecule has 3 aromatic carbocycles. The van der Waals surface area contributed by atoms with Crippen LogP contribution in [0.15, 0.2) is 72.8 Å². The molecule has 110 valence electrons. The smallest absolute Gasteiger partial charge is 0.0103 e. The first-order valence-corrected chi connectivity index (χ1v) is 8.04. The van der Waals surface area contributed by atoms with Gasteiger partial charge in [0.25, 0.3) is 0 Å². The van der Waals surface area contributed by atoms with Gasteiger partial charge in [-0.3, -0.25) is 0 Å². The Hall–Kier alpha value is -2.34. The summed E-state index contributed by atoms with van der Waals surface area (Å²) in [5.74, 6) is 0. The highest BCUT2D eigenvalue weighted by atomic mass is 14.1. The van der Waals surface area contributed by atoms with Crippen molar-refractivity contribution in [1.82, 2.24) is 0 Å². The summed E-state index contributed by atoms with van der Waals surface area (Å²) < 4.78 is 0. The summed E-state index contributed by atoms with van der Waals surface area (Å²) in [5.41, 5.74) is 8.10. The van der Waals surface area contributed by atoms with Gasteiger partial charge in [0, 0.05) is 0 Å². The third kappa shape index (κ3) is 2.82. The van der Waals surface area contributed by atoms with Gasteiger partial charge in [0.2, 0.25) is 0 Å². The Bertz CT molecular complexity index is 768. The van der Waals surface area contributed by atoms with E-state index in [-0.39, 0.29) is 0 Å². The fourth-order valence-electron chi connectivity index (χ4n) is 3.10. The topological polar surface area (TPSA) is 0 Å². The lowest BCUT2D eigenvalue weighted by Gasteiger charge is -2.15. The Morgan fingerprint density at radius 2 is 1.09 bits per heavy atom. The number of hydrogen-bond acceptors (Lipinski definition) is 0. The highest BCUT2D eigenvalue weighted by molar-refractivity contribution is 5.86. The van der Waals surface area contributed by atoms with E-state index in [1.165, 1.54) is 39.8 Å². The third-order valence-corrected chi connectivity index (χ3v) is 4.19. The van der Waals surface area contributed by atoms with E-state index in [1.807, 2.05) is 0 Å². The van der Waals surface area contributed by atoms with E-state index in [1.54, 1.807) is 0 Å². The van der Waals surface area contributed by atoms with Crippen LogP contribution in [0.2, 0.25) is 0 Å². The third-order valence-electron chi connectivity index (χ3n) is 4.19. The fourth-order valence-corrected chi connectivity index (χ4v) is 3.10. The average molecular weight is 286 g/mol. The van der Waals surface area contributed by atoms with E-state index in [0.717, 1.165) is 6.42 Å². The lowest BCUT2D eigenvalue weighted by molar-refractivity contribution is 0.924. The Labute approximate surface area is 133 Å².